The molecule has 1 aromatic carbocycles. The van der Waals surface area contributed by atoms with Gasteiger partial charge in [-0.05, 0) is 30.0 Å². The Morgan fingerprint density at radius 3 is 2.89 bits per heavy atom. The molecule has 0 fully saturated rings. The molecule has 0 saturated carbocycles. The van der Waals surface area contributed by atoms with Crippen LogP contribution in [0, 0.1) is 6.92 Å². The zero-order chi connectivity index (χ0) is 13.2. The summed E-state index contributed by atoms with van der Waals surface area (Å²) in [6, 6.07) is 9.88. The monoisotopic (exact) mass is 250 g/mol. The van der Waals surface area contributed by atoms with Gasteiger partial charge in [0.2, 0.25) is 0 Å². The van der Waals surface area contributed by atoms with Gasteiger partial charge in [-0.1, -0.05) is 12.1 Å². The predicted octanol–water partition coefficient (Wildman–Crippen LogP) is 3.26. The van der Waals surface area contributed by atoms with Crippen molar-refractivity contribution in [2.24, 2.45) is 0 Å². The van der Waals surface area contributed by atoms with Crippen LogP contribution in [0.5, 0.6) is 0 Å². The van der Waals surface area contributed by atoms with Crippen molar-refractivity contribution in [3.8, 4) is 0 Å². The predicted molar refractivity (Wildman–Crippen MR) is 78.4 cm³/mol. The van der Waals surface area contributed by atoms with Crippen LogP contribution < -0.4 is 11.1 Å². The van der Waals surface area contributed by atoms with Crippen LogP contribution in [0.4, 0.5) is 17.2 Å². The van der Waals surface area contributed by atoms with Crippen molar-refractivity contribution < 1.29 is 0 Å². The molecule has 2 heterocycles. The maximum Gasteiger partial charge on any atom is 0.132 e. The van der Waals surface area contributed by atoms with E-state index in [1.807, 2.05) is 37.4 Å². The van der Waals surface area contributed by atoms with Crippen LogP contribution in [0.25, 0.3) is 10.8 Å². The molecule has 3 aromatic rings. The van der Waals surface area contributed by atoms with Crippen LogP contribution in [0.2, 0.25) is 0 Å². The van der Waals surface area contributed by atoms with E-state index in [2.05, 4.69) is 21.4 Å². The second-order valence-electron chi connectivity index (χ2n) is 4.45. The van der Waals surface area contributed by atoms with Gasteiger partial charge in [0.15, 0.2) is 0 Å². The number of nitrogens with two attached hydrogens (primary N) is 1. The van der Waals surface area contributed by atoms with E-state index in [1.165, 1.54) is 0 Å². The highest BCUT2D eigenvalue weighted by Gasteiger charge is 2.03. The van der Waals surface area contributed by atoms with Gasteiger partial charge in [-0.2, -0.15) is 0 Å². The summed E-state index contributed by atoms with van der Waals surface area (Å²) in [7, 11) is 0. The maximum absolute atomic E-state index is 5.89. The molecule has 2 aromatic heterocycles. The van der Waals surface area contributed by atoms with Crippen molar-refractivity contribution in [2.45, 2.75) is 6.92 Å². The molecular weight excluding hydrogens is 236 g/mol. The quantitative estimate of drug-likeness (QED) is 0.732. The summed E-state index contributed by atoms with van der Waals surface area (Å²) in [4.78, 5) is 8.49. The van der Waals surface area contributed by atoms with E-state index in [-0.39, 0.29) is 0 Å². The summed E-state index contributed by atoms with van der Waals surface area (Å²) in [5.74, 6) is 0.736. The van der Waals surface area contributed by atoms with E-state index in [1.54, 1.807) is 12.4 Å². The average Bonchev–Trinajstić information content (AvgIpc) is 2.43. The number of fused-ring (bicyclic) bond motifs is 1. The van der Waals surface area contributed by atoms with Crippen LogP contribution in [-0.4, -0.2) is 9.97 Å². The standard InChI is InChI=1S/C15H14N4/c1-10-8-18-15(7-13(10)16)19-14-4-2-3-11-5-6-17-9-12(11)14/h2-9H,1H3,(H3,16,18,19). The summed E-state index contributed by atoms with van der Waals surface area (Å²) in [5, 5.41) is 5.48. The Hall–Kier alpha value is -2.62. The highest BCUT2D eigenvalue weighted by Crippen LogP contribution is 2.25. The van der Waals surface area contributed by atoms with Gasteiger partial charge in [-0.25, -0.2) is 4.98 Å². The normalized spacial score (nSPS) is 10.6. The Morgan fingerprint density at radius 2 is 2.05 bits per heavy atom. The summed E-state index contributed by atoms with van der Waals surface area (Å²) < 4.78 is 0. The zero-order valence-corrected chi connectivity index (χ0v) is 10.6. The van der Waals surface area contributed by atoms with Crippen molar-refractivity contribution in [3.63, 3.8) is 0 Å². The van der Waals surface area contributed by atoms with E-state index in [0.717, 1.165) is 33.5 Å². The van der Waals surface area contributed by atoms with Crippen LogP contribution in [0.1, 0.15) is 5.56 Å². The van der Waals surface area contributed by atoms with Gasteiger partial charge in [0.1, 0.15) is 5.82 Å². The number of pyridine rings is 2. The lowest BCUT2D eigenvalue weighted by atomic mass is 10.1. The number of benzene rings is 1. The first-order chi connectivity index (χ1) is 9.24. The SMILES string of the molecule is Cc1cnc(Nc2cccc3ccncc23)cc1N. The Labute approximate surface area is 111 Å². The van der Waals surface area contributed by atoms with Crippen molar-refractivity contribution in [3.05, 3.63) is 54.5 Å². The van der Waals surface area contributed by atoms with Crippen LogP contribution >= 0.6 is 0 Å². The highest BCUT2D eigenvalue weighted by atomic mass is 15.0. The third-order valence-corrected chi connectivity index (χ3v) is 3.09. The number of anilines is 3. The van der Waals surface area contributed by atoms with E-state index < -0.39 is 0 Å². The van der Waals surface area contributed by atoms with Gasteiger partial charge in [0.25, 0.3) is 0 Å². The molecule has 0 atom stereocenters. The first kappa shape index (κ1) is 11.5. The molecular formula is C15H14N4. The molecule has 4 heteroatoms. The minimum atomic E-state index is 0.732. The molecule has 0 radical (unpaired) electrons. The molecule has 19 heavy (non-hydrogen) atoms. The number of nitrogen functional groups attached to an aromatic ring is 1. The van der Waals surface area contributed by atoms with Crippen LogP contribution in [0.3, 0.4) is 0 Å². The molecule has 0 spiro atoms. The van der Waals surface area contributed by atoms with Crippen molar-refractivity contribution in [1.29, 1.82) is 0 Å². The molecule has 0 amide bonds. The first-order valence-corrected chi connectivity index (χ1v) is 6.06. The molecule has 0 unspecified atom stereocenters. The topological polar surface area (TPSA) is 63.8 Å². The zero-order valence-electron chi connectivity index (χ0n) is 10.6. The summed E-state index contributed by atoms with van der Waals surface area (Å²) in [5.41, 5.74) is 8.58. The second kappa shape index (κ2) is 4.57. The van der Waals surface area contributed by atoms with Gasteiger partial charge < -0.3 is 11.1 Å². The molecule has 3 N–H and O–H groups in total. The molecule has 0 bridgehead atoms. The van der Waals surface area contributed by atoms with Gasteiger partial charge >= 0.3 is 0 Å². The fraction of sp³-hybridized carbons (Fsp3) is 0.0667. The highest BCUT2D eigenvalue weighted by molar-refractivity contribution is 5.94. The Kier molecular flexibility index (Phi) is 2.76. The summed E-state index contributed by atoms with van der Waals surface area (Å²) >= 11 is 0. The fourth-order valence-corrected chi connectivity index (χ4v) is 1.97. The van der Waals surface area contributed by atoms with Crippen molar-refractivity contribution in [2.75, 3.05) is 11.1 Å². The van der Waals surface area contributed by atoms with Gasteiger partial charge in [0.05, 0.1) is 0 Å². The van der Waals surface area contributed by atoms with E-state index in [0.29, 0.717) is 0 Å². The van der Waals surface area contributed by atoms with Gasteiger partial charge in [-0.15, -0.1) is 0 Å². The van der Waals surface area contributed by atoms with E-state index in [9.17, 15) is 0 Å². The fourth-order valence-electron chi connectivity index (χ4n) is 1.97. The number of aromatic nitrogens is 2. The Morgan fingerprint density at radius 1 is 1.16 bits per heavy atom. The summed E-state index contributed by atoms with van der Waals surface area (Å²) in [6.07, 6.45) is 5.39. The third kappa shape index (κ3) is 2.20. The Bertz CT molecular complexity index is 732. The molecule has 94 valence electrons. The number of rotatable bonds is 2. The number of nitrogens with zero attached hydrogens (tertiary/aromatic N) is 2. The second-order valence-corrected chi connectivity index (χ2v) is 4.45. The average molecular weight is 250 g/mol. The molecule has 0 aliphatic rings. The van der Waals surface area contributed by atoms with E-state index in [4.69, 9.17) is 5.73 Å². The first-order valence-electron chi connectivity index (χ1n) is 6.06. The molecule has 0 saturated heterocycles. The lowest BCUT2D eigenvalue weighted by Gasteiger charge is -2.10. The van der Waals surface area contributed by atoms with Crippen LogP contribution in [0.15, 0.2) is 48.9 Å². The minimum Gasteiger partial charge on any atom is -0.398 e. The molecule has 0 aliphatic heterocycles. The third-order valence-electron chi connectivity index (χ3n) is 3.09. The molecule has 0 aliphatic carbocycles. The summed E-state index contributed by atoms with van der Waals surface area (Å²) in [6.45, 7) is 1.94. The minimum absolute atomic E-state index is 0.732. The lowest BCUT2D eigenvalue weighted by Crippen LogP contribution is -1.98. The molecule has 3 rings (SSSR count). The maximum atomic E-state index is 5.89. The van der Waals surface area contributed by atoms with E-state index >= 15 is 0 Å². The van der Waals surface area contributed by atoms with Gasteiger partial charge in [0, 0.05) is 41.4 Å². The Balaban J connectivity index is 2.03. The van der Waals surface area contributed by atoms with Crippen molar-refractivity contribution >= 4 is 28.0 Å². The molecule has 4 nitrogen and oxygen atoms in total. The number of hydrogen-bond acceptors (Lipinski definition) is 4. The number of hydrogen-bond donors (Lipinski definition) is 2. The number of aryl methyl sites for hydroxylation is 1. The van der Waals surface area contributed by atoms with Crippen LogP contribution in [-0.2, 0) is 0 Å². The van der Waals surface area contributed by atoms with Crippen molar-refractivity contribution in [1.82, 2.24) is 9.97 Å². The largest absolute Gasteiger partial charge is 0.398 e. The van der Waals surface area contributed by atoms with Gasteiger partial charge in [-0.3, -0.25) is 4.98 Å². The smallest absolute Gasteiger partial charge is 0.132 e. The number of nitrogens with one attached hydrogen (secondary N) is 1. The lowest BCUT2D eigenvalue weighted by molar-refractivity contribution is 1.26.